The highest BCUT2D eigenvalue weighted by Crippen LogP contribution is 2.21. The van der Waals surface area contributed by atoms with Crippen molar-refractivity contribution in [2.75, 3.05) is 13.1 Å². The summed E-state index contributed by atoms with van der Waals surface area (Å²) < 4.78 is 0. The van der Waals surface area contributed by atoms with Gasteiger partial charge in [0.25, 0.3) is 0 Å². The molecule has 0 aromatic heterocycles. The summed E-state index contributed by atoms with van der Waals surface area (Å²) in [6, 6.07) is 0. The summed E-state index contributed by atoms with van der Waals surface area (Å²) in [6.45, 7) is 9.26. The lowest BCUT2D eigenvalue weighted by atomic mass is 10.1. The van der Waals surface area contributed by atoms with Crippen molar-refractivity contribution < 1.29 is 0 Å². The van der Waals surface area contributed by atoms with Crippen LogP contribution in [0.1, 0.15) is 117 Å². The van der Waals surface area contributed by atoms with E-state index in [1.807, 2.05) is 0 Å². The Morgan fingerprint density at radius 3 is 1.56 bits per heavy atom. The van der Waals surface area contributed by atoms with Crippen molar-refractivity contribution in [3.05, 3.63) is 12.4 Å². The van der Waals surface area contributed by atoms with E-state index in [1.54, 1.807) is 0 Å². The zero-order valence-electron chi connectivity index (χ0n) is 17.6. The zero-order chi connectivity index (χ0) is 18.2. The molecule has 0 fully saturated rings. The van der Waals surface area contributed by atoms with Crippen molar-refractivity contribution in [1.82, 2.24) is 9.80 Å². The molecule has 0 saturated heterocycles. The van der Waals surface area contributed by atoms with Crippen LogP contribution in [0.25, 0.3) is 0 Å². The SMILES string of the molecule is CCCCCCCCCCCCCCN1C=CN(CC)C1CCCC. The fourth-order valence-corrected chi connectivity index (χ4v) is 3.95. The van der Waals surface area contributed by atoms with Gasteiger partial charge in [-0.2, -0.15) is 0 Å². The monoisotopic (exact) mass is 350 g/mol. The minimum absolute atomic E-state index is 0.637. The highest BCUT2D eigenvalue weighted by Gasteiger charge is 2.23. The molecule has 1 unspecified atom stereocenters. The lowest BCUT2D eigenvalue weighted by molar-refractivity contribution is 0.143. The third-order valence-electron chi connectivity index (χ3n) is 5.67. The zero-order valence-corrected chi connectivity index (χ0v) is 17.6. The van der Waals surface area contributed by atoms with Crippen LogP contribution in [0.5, 0.6) is 0 Å². The molecule has 0 amide bonds. The molecule has 25 heavy (non-hydrogen) atoms. The predicted molar refractivity (Wildman–Crippen MR) is 113 cm³/mol. The van der Waals surface area contributed by atoms with Crippen molar-refractivity contribution in [2.24, 2.45) is 0 Å². The second-order valence-corrected chi connectivity index (χ2v) is 7.88. The maximum Gasteiger partial charge on any atom is 0.101 e. The first-order valence-corrected chi connectivity index (χ1v) is 11.5. The van der Waals surface area contributed by atoms with Crippen molar-refractivity contribution in [2.45, 2.75) is 123 Å². The van der Waals surface area contributed by atoms with E-state index in [-0.39, 0.29) is 0 Å². The molecule has 1 heterocycles. The highest BCUT2D eigenvalue weighted by atomic mass is 15.4. The third-order valence-corrected chi connectivity index (χ3v) is 5.67. The summed E-state index contributed by atoms with van der Waals surface area (Å²) in [6.07, 6.45) is 26.5. The Kier molecular flexibility index (Phi) is 14.0. The maximum absolute atomic E-state index is 2.59. The van der Waals surface area contributed by atoms with E-state index in [1.165, 1.54) is 103 Å². The van der Waals surface area contributed by atoms with Crippen LogP contribution >= 0.6 is 0 Å². The Bertz CT molecular complexity index is 313. The van der Waals surface area contributed by atoms with Gasteiger partial charge in [-0.05, 0) is 26.2 Å². The molecular formula is C23H46N2. The Hall–Kier alpha value is -0.660. The molecule has 2 nitrogen and oxygen atoms in total. The molecule has 0 radical (unpaired) electrons. The first-order valence-electron chi connectivity index (χ1n) is 11.5. The molecule has 0 aromatic carbocycles. The number of nitrogens with zero attached hydrogens (tertiary/aromatic N) is 2. The van der Waals surface area contributed by atoms with Crippen LogP contribution in [0, 0.1) is 0 Å². The standard InChI is InChI=1S/C23H46N2/c1-4-7-9-10-11-12-13-14-15-16-17-18-20-25-22-21-24(6-3)23(25)19-8-5-2/h21-23H,4-20H2,1-3H3. The van der Waals surface area contributed by atoms with Gasteiger partial charge in [0, 0.05) is 25.5 Å². The largest absolute Gasteiger partial charge is 0.356 e. The molecule has 1 aliphatic rings. The van der Waals surface area contributed by atoms with Gasteiger partial charge in [0.1, 0.15) is 6.17 Å². The molecule has 0 aromatic rings. The van der Waals surface area contributed by atoms with Gasteiger partial charge in [-0.25, -0.2) is 0 Å². The summed E-state index contributed by atoms with van der Waals surface area (Å²) in [5.74, 6) is 0. The Balaban J connectivity index is 1.95. The van der Waals surface area contributed by atoms with Crippen molar-refractivity contribution in [3.63, 3.8) is 0 Å². The fourth-order valence-electron chi connectivity index (χ4n) is 3.95. The Morgan fingerprint density at radius 1 is 0.560 bits per heavy atom. The first-order chi connectivity index (χ1) is 12.3. The van der Waals surface area contributed by atoms with Crippen molar-refractivity contribution in [3.8, 4) is 0 Å². The maximum atomic E-state index is 2.59. The number of hydrogen-bond acceptors (Lipinski definition) is 2. The fraction of sp³-hybridized carbons (Fsp3) is 0.913. The average molecular weight is 351 g/mol. The quantitative estimate of drug-likeness (QED) is 0.254. The molecule has 148 valence electrons. The molecule has 1 rings (SSSR count). The minimum atomic E-state index is 0.637. The average Bonchev–Trinajstić information content (AvgIpc) is 3.02. The predicted octanol–water partition coefficient (Wildman–Crippen LogP) is 7.31. The Morgan fingerprint density at radius 2 is 1.04 bits per heavy atom. The molecule has 0 spiro atoms. The Labute approximate surface area is 159 Å². The molecule has 0 aliphatic carbocycles. The second-order valence-electron chi connectivity index (χ2n) is 7.88. The molecule has 1 aliphatic heterocycles. The lowest BCUT2D eigenvalue weighted by Crippen LogP contribution is -2.38. The minimum Gasteiger partial charge on any atom is -0.356 e. The van der Waals surface area contributed by atoms with Gasteiger partial charge in [0.2, 0.25) is 0 Å². The molecule has 0 bridgehead atoms. The summed E-state index contributed by atoms with van der Waals surface area (Å²) in [4.78, 5) is 5.10. The number of unbranched alkanes of at least 4 members (excludes halogenated alkanes) is 12. The topological polar surface area (TPSA) is 6.48 Å². The van der Waals surface area contributed by atoms with Gasteiger partial charge in [-0.15, -0.1) is 0 Å². The van der Waals surface area contributed by atoms with Gasteiger partial charge in [-0.1, -0.05) is 90.9 Å². The summed E-state index contributed by atoms with van der Waals surface area (Å²) in [5, 5.41) is 0. The molecule has 0 saturated carbocycles. The summed E-state index contributed by atoms with van der Waals surface area (Å²) in [7, 11) is 0. The smallest absolute Gasteiger partial charge is 0.101 e. The van der Waals surface area contributed by atoms with Crippen LogP contribution in [0.15, 0.2) is 12.4 Å². The van der Waals surface area contributed by atoms with Gasteiger partial charge in [0.15, 0.2) is 0 Å². The van der Waals surface area contributed by atoms with Crippen LogP contribution < -0.4 is 0 Å². The van der Waals surface area contributed by atoms with Crippen molar-refractivity contribution in [1.29, 1.82) is 0 Å². The number of rotatable bonds is 17. The van der Waals surface area contributed by atoms with Crippen LogP contribution in [0.3, 0.4) is 0 Å². The molecule has 1 atom stereocenters. The summed E-state index contributed by atoms with van der Waals surface area (Å²) >= 11 is 0. The van der Waals surface area contributed by atoms with E-state index in [0.717, 1.165) is 6.54 Å². The van der Waals surface area contributed by atoms with E-state index in [4.69, 9.17) is 0 Å². The summed E-state index contributed by atoms with van der Waals surface area (Å²) in [5.41, 5.74) is 0. The molecular weight excluding hydrogens is 304 g/mol. The van der Waals surface area contributed by atoms with Crippen LogP contribution in [-0.4, -0.2) is 29.1 Å². The third kappa shape index (κ3) is 10.2. The van der Waals surface area contributed by atoms with E-state index in [2.05, 4.69) is 43.0 Å². The van der Waals surface area contributed by atoms with E-state index in [9.17, 15) is 0 Å². The van der Waals surface area contributed by atoms with Crippen LogP contribution in [-0.2, 0) is 0 Å². The van der Waals surface area contributed by atoms with Crippen LogP contribution in [0.4, 0.5) is 0 Å². The first kappa shape index (κ1) is 22.4. The van der Waals surface area contributed by atoms with Gasteiger partial charge < -0.3 is 9.80 Å². The van der Waals surface area contributed by atoms with Gasteiger partial charge in [0.05, 0.1) is 0 Å². The number of hydrogen-bond donors (Lipinski definition) is 0. The van der Waals surface area contributed by atoms with Gasteiger partial charge >= 0.3 is 0 Å². The van der Waals surface area contributed by atoms with Crippen LogP contribution in [0.2, 0.25) is 0 Å². The second kappa shape index (κ2) is 15.6. The van der Waals surface area contributed by atoms with Gasteiger partial charge in [-0.3, -0.25) is 0 Å². The van der Waals surface area contributed by atoms with E-state index in [0.29, 0.717) is 6.17 Å². The normalized spacial score (nSPS) is 17.0. The molecule has 0 N–H and O–H groups in total. The van der Waals surface area contributed by atoms with Crippen molar-refractivity contribution >= 4 is 0 Å². The molecule has 2 heteroatoms. The van der Waals surface area contributed by atoms with E-state index < -0.39 is 0 Å². The highest BCUT2D eigenvalue weighted by molar-refractivity contribution is 4.96. The van der Waals surface area contributed by atoms with E-state index >= 15 is 0 Å². The lowest BCUT2D eigenvalue weighted by Gasteiger charge is -2.32.